The van der Waals surface area contributed by atoms with E-state index in [0.717, 1.165) is 22.0 Å². The van der Waals surface area contributed by atoms with Gasteiger partial charge in [0.2, 0.25) is 0 Å². The minimum atomic E-state index is -0.859. The van der Waals surface area contributed by atoms with Crippen molar-refractivity contribution in [2.75, 3.05) is 0 Å². The number of carboxylic acids is 1. The van der Waals surface area contributed by atoms with E-state index in [1.165, 1.54) is 31.2 Å². The van der Waals surface area contributed by atoms with Gasteiger partial charge in [0.25, 0.3) is 0 Å². The molecular weight excluding hydrogens is 360 g/mol. The highest BCUT2D eigenvalue weighted by Crippen LogP contribution is 2.29. The lowest BCUT2D eigenvalue weighted by Crippen LogP contribution is -2.37. The van der Waals surface area contributed by atoms with Gasteiger partial charge in [0.05, 0.1) is 0 Å². The third kappa shape index (κ3) is 4.08. The zero-order valence-electron chi connectivity index (χ0n) is 17.3. The molecule has 0 bridgehead atoms. The molecule has 2 atom stereocenters. The van der Waals surface area contributed by atoms with Gasteiger partial charge in [0.15, 0.2) is 0 Å². The van der Waals surface area contributed by atoms with E-state index in [9.17, 15) is 9.90 Å². The van der Waals surface area contributed by atoms with Crippen molar-refractivity contribution in [1.82, 2.24) is 9.88 Å². The topological polar surface area (TPSA) is 54.3 Å². The molecule has 0 unspecified atom stereocenters. The van der Waals surface area contributed by atoms with Crippen LogP contribution in [0.4, 0.5) is 0 Å². The van der Waals surface area contributed by atoms with Crippen LogP contribution in [0.25, 0.3) is 10.9 Å². The molecule has 0 saturated heterocycles. The second kappa shape index (κ2) is 8.42. The molecule has 4 heteroatoms. The summed E-state index contributed by atoms with van der Waals surface area (Å²) in [5.41, 5.74) is 4.61. The Hall–Kier alpha value is -2.59. The van der Waals surface area contributed by atoms with Crippen LogP contribution in [-0.4, -0.2) is 21.7 Å². The van der Waals surface area contributed by atoms with Crippen molar-refractivity contribution < 1.29 is 9.90 Å². The molecule has 1 heterocycles. The first kappa shape index (κ1) is 19.7. The lowest BCUT2D eigenvalue weighted by molar-refractivity contribution is 0.0684. The summed E-state index contributed by atoms with van der Waals surface area (Å²) in [6, 6.07) is 16.8. The number of aryl methyl sites for hydroxylation is 1. The van der Waals surface area contributed by atoms with Gasteiger partial charge in [-0.3, -0.25) is 0 Å². The average Bonchev–Trinajstić information content (AvgIpc) is 3.03. The van der Waals surface area contributed by atoms with Crippen LogP contribution in [0.2, 0.25) is 0 Å². The maximum Gasteiger partial charge on any atom is 0.352 e. The molecule has 152 valence electrons. The largest absolute Gasteiger partial charge is 0.477 e. The number of hydrogen-bond acceptors (Lipinski definition) is 2. The van der Waals surface area contributed by atoms with Crippen molar-refractivity contribution in [2.24, 2.45) is 5.92 Å². The SMILES string of the molecule is Cc1ccc(Cn2c(C(=O)O)c(CN[C@@H]3CCCC[C@H]3C)c3ccccc32)cc1. The number of nitrogens with zero attached hydrogens (tertiary/aromatic N) is 1. The Labute approximate surface area is 172 Å². The Bertz CT molecular complexity index is 1000. The maximum atomic E-state index is 12.3. The second-order valence-corrected chi connectivity index (χ2v) is 8.47. The van der Waals surface area contributed by atoms with Crippen molar-refractivity contribution in [3.05, 3.63) is 70.9 Å². The molecule has 1 aliphatic rings. The molecule has 4 rings (SSSR count). The third-order valence-corrected chi connectivity index (χ3v) is 6.39. The molecule has 1 aliphatic carbocycles. The quantitative estimate of drug-likeness (QED) is 0.595. The molecule has 1 saturated carbocycles. The van der Waals surface area contributed by atoms with Crippen molar-refractivity contribution >= 4 is 16.9 Å². The van der Waals surface area contributed by atoms with E-state index in [1.807, 2.05) is 22.8 Å². The zero-order chi connectivity index (χ0) is 20.4. The highest BCUT2D eigenvalue weighted by molar-refractivity contribution is 5.98. The van der Waals surface area contributed by atoms with Crippen LogP contribution in [0.1, 0.15) is 59.8 Å². The smallest absolute Gasteiger partial charge is 0.352 e. The number of aromatic carboxylic acids is 1. The number of hydrogen-bond donors (Lipinski definition) is 2. The number of rotatable bonds is 6. The predicted octanol–water partition coefficient (Wildman–Crippen LogP) is 5.36. The van der Waals surface area contributed by atoms with Crippen LogP contribution < -0.4 is 5.32 Å². The molecule has 0 radical (unpaired) electrons. The fourth-order valence-electron chi connectivity index (χ4n) is 4.69. The van der Waals surface area contributed by atoms with Gasteiger partial charge >= 0.3 is 5.97 Å². The molecule has 0 aliphatic heterocycles. The van der Waals surface area contributed by atoms with Gasteiger partial charge in [-0.05, 0) is 37.3 Å². The van der Waals surface area contributed by atoms with E-state index in [2.05, 4.69) is 49.5 Å². The van der Waals surface area contributed by atoms with Crippen LogP contribution in [0.15, 0.2) is 48.5 Å². The summed E-state index contributed by atoms with van der Waals surface area (Å²) in [7, 11) is 0. The summed E-state index contributed by atoms with van der Waals surface area (Å²) in [4.78, 5) is 12.3. The van der Waals surface area contributed by atoms with Crippen molar-refractivity contribution in [2.45, 2.75) is 58.7 Å². The molecule has 29 heavy (non-hydrogen) atoms. The Morgan fingerprint density at radius 3 is 2.55 bits per heavy atom. The molecule has 2 aromatic carbocycles. The van der Waals surface area contributed by atoms with E-state index in [-0.39, 0.29) is 0 Å². The van der Waals surface area contributed by atoms with E-state index >= 15 is 0 Å². The van der Waals surface area contributed by atoms with E-state index in [4.69, 9.17) is 0 Å². The van der Waals surface area contributed by atoms with Crippen LogP contribution in [-0.2, 0) is 13.1 Å². The van der Waals surface area contributed by atoms with Gasteiger partial charge in [-0.15, -0.1) is 0 Å². The molecule has 0 amide bonds. The Kier molecular flexibility index (Phi) is 5.72. The molecule has 4 nitrogen and oxygen atoms in total. The van der Waals surface area contributed by atoms with Gasteiger partial charge in [0.1, 0.15) is 5.69 Å². The van der Waals surface area contributed by atoms with Gasteiger partial charge in [-0.1, -0.05) is 67.8 Å². The molecule has 3 aromatic rings. The molecule has 1 fully saturated rings. The minimum absolute atomic E-state index is 0.405. The number of carboxylic acid groups (broad SMARTS) is 1. The monoisotopic (exact) mass is 390 g/mol. The first-order valence-electron chi connectivity index (χ1n) is 10.7. The maximum absolute atomic E-state index is 12.3. The fourth-order valence-corrected chi connectivity index (χ4v) is 4.69. The van der Waals surface area contributed by atoms with Gasteiger partial charge in [0, 0.05) is 35.6 Å². The summed E-state index contributed by atoms with van der Waals surface area (Å²) >= 11 is 0. The van der Waals surface area contributed by atoms with E-state index in [1.54, 1.807) is 0 Å². The Morgan fingerprint density at radius 2 is 1.83 bits per heavy atom. The Morgan fingerprint density at radius 1 is 1.10 bits per heavy atom. The van der Waals surface area contributed by atoms with Gasteiger partial charge in [-0.25, -0.2) is 4.79 Å². The minimum Gasteiger partial charge on any atom is -0.477 e. The first-order chi connectivity index (χ1) is 14.0. The van der Waals surface area contributed by atoms with Gasteiger partial charge < -0.3 is 15.0 Å². The van der Waals surface area contributed by atoms with Crippen LogP contribution >= 0.6 is 0 Å². The van der Waals surface area contributed by atoms with Crippen LogP contribution in [0.3, 0.4) is 0 Å². The molecule has 2 N–H and O–H groups in total. The first-order valence-corrected chi connectivity index (χ1v) is 10.7. The van der Waals surface area contributed by atoms with E-state index < -0.39 is 5.97 Å². The summed E-state index contributed by atoms with van der Waals surface area (Å²) in [5.74, 6) is -0.222. The number of aromatic nitrogens is 1. The summed E-state index contributed by atoms with van der Waals surface area (Å²) in [6.07, 6.45) is 4.97. The normalized spacial score (nSPS) is 19.5. The molecule has 1 aromatic heterocycles. The number of para-hydroxylation sites is 1. The van der Waals surface area contributed by atoms with Crippen molar-refractivity contribution in [3.63, 3.8) is 0 Å². The fraction of sp³-hybridized carbons (Fsp3) is 0.400. The number of carbonyl (C=O) groups is 1. The molecular formula is C25H30N2O2. The number of benzene rings is 2. The summed E-state index contributed by atoms with van der Waals surface area (Å²) < 4.78 is 1.96. The highest BCUT2D eigenvalue weighted by atomic mass is 16.4. The van der Waals surface area contributed by atoms with E-state index in [0.29, 0.717) is 30.7 Å². The average molecular weight is 391 g/mol. The Balaban J connectivity index is 1.72. The van der Waals surface area contributed by atoms with Gasteiger partial charge in [-0.2, -0.15) is 0 Å². The van der Waals surface area contributed by atoms with Crippen LogP contribution in [0, 0.1) is 12.8 Å². The zero-order valence-corrected chi connectivity index (χ0v) is 17.3. The molecule has 0 spiro atoms. The predicted molar refractivity (Wildman–Crippen MR) is 117 cm³/mol. The lowest BCUT2D eigenvalue weighted by atomic mass is 9.86. The van der Waals surface area contributed by atoms with Crippen LogP contribution in [0.5, 0.6) is 0 Å². The van der Waals surface area contributed by atoms with Crippen molar-refractivity contribution in [3.8, 4) is 0 Å². The second-order valence-electron chi connectivity index (χ2n) is 8.47. The number of fused-ring (bicyclic) bond motifs is 1. The standard InChI is InChI=1S/C25H30N2O2/c1-17-11-13-19(14-12-17)16-27-23-10-6-4-8-20(23)21(24(27)25(28)29)15-26-22-9-5-3-7-18(22)2/h4,6,8,10-14,18,22,26H,3,5,7,9,15-16H2,1-2H3,(H,28,29)/t18-,22-/m1/s1. The summed E-state index contributed by atoms with van der Waals surface area (Å²) in [5, 5.41) is 14.8. The highest BCUT2D eigenvalue weighted by Gasteiger charge is 2.25. The third-order valence-electron chi connectivity index (χ3n) is 6.39. The number of nitrogens with one attached hydrogen (secondary N) is 1. The summed E-state index contributed by atoms with van der Waals surface area (Å²) in [6.45, 7) is 5.52. The van der Waals surface area contributed by atoms with Crippen molar-refractivity contribution in [1.29, 1.82) is 0 Å². The lowest BCUT2D eigenvalue weighted by Gasteiger charge is -2.29.